The maximum absolute atomic E-state index is 12.0. The number of carbonyl (C=O) groups is 1. The first-order valence-corrected chi connectivity index (χ1v) is 8.89. The SMILES string of the molecule is COCCO[C@H]1CCN(c2ccc(-c3cc(=O)c(C(=O)O)cn3C)cc2)C1. The van der Waals surface area contributed by atoms with Gasteiger partial charge in [-0.1, -0.05) is 12.1 Å². The van der Waals surface area contributed by atoms with Crippen LogP contribution in [-0.4, -0.2) is 55.2 Å². The smallest absolute Gasteiger partial charge is 0.341 e. The Morgan fingerprint density at radius 1 is 1.26 bits per heavy atom. The lowest BCUT2D eigenvalue weighted by Gasteiger charge is -2.19. The van der Waals surface area contributed by atoms with Gasteiger partial charge in [0.1, 0.15) is 5.56 Å². The summed E-state index contributed by atoms with van der Waals surface area (Å²) in [6.07, 6.45) is 2.55. The summed E-state index contributed by atoms with van der Waals surface area (Å²) in [4.78, 5) is 25.4. The third-order valence-electron chi connectivity index (χ3n) is 4.78. The minimum atomic E-state index is -1.21. The van der Waals surface area contributed by atoms with Crippen LogP contribution in [0.5, 0.6) is 0 Å². The molecule has 1 fully saturated rings. The fourth-order valence-corrected chi connectivity index (χ4v) is 3.32. The Morgan fingerprint density at radius 2 is 2.00 bits per heavy atom. The number of nitrogens with zero attached hydrogens (tertiary/aromatic N) is 2. The summed E-state index contributed by atoms with van der Waals surface area (Å²) in [5.41, 5.74) is 1.93. The van der Waals surface area contributed by atoms with Crippen LogP contribution in [0.4, 0.5) is 5.69 Å². The molecule has 1 saturated heterocycles. The summed E-state index contributed by atoms with van der Waals surface area (Å²) < 4.78 is 12.5. The second kappa shape index (κ2) is 8.37. The predicted octanol–water partition coefficient (Wildman–Crippen LogP) is 1.99. The summed E-state index contributed by atoms with van der Waals surface area (Å²) in [6.45, 7) is 2.98. The standard InChI is InChI=1S/C20H24N2O5/c1-21-13-17(20(24)25)19(23)11-18(21)14-3-5-15(6-4-14)22-8-7-16(12-22)27-10-9-26-2/h3-6,11,13,16H,7-10,12H2,1-2H3,(H,24,25)/t16-/m0/s1. The van der Waals surface area contributed by atoms with E-state index in [0.717, 1.165) is 30.8 Å². The van der Waals surface area contributed by atoms with Gasteiger partial charge in [0.15, 0.2) is 5.43 Å². The van der Waals surface area contributed by atoms with E-state index >= 15 is 0 Å². The molecule has 0 aliphatic carbocycles. The van der Waals surface area contributed by atoms with E-state index in [1.807, 2.05) is 24.3 Å². The lowest BCUT2D eigenvalue weighted by Crippen LogP contribution is -2.23. The molecule has 0 radical (unpaired) electrons. The Morgan fingerprint density at radius 3 is 2.67 bits per heavy atom. The van der Waals surface area contributed by atoms with Crippen molar-refractivity contribution in [2.24, 2.45) is 7.05 Å². The number of aromatic carboxylic acids is 1. The maximum Gasteiger partial charge on any atom is 0.341 e. The Labute approximate surface area is 157 Å². The van der Waals surface area contributed by atoms with Crippen LogP contribution >= 0.6 is 0 Å². The van der Waals surface area contributed by atoms with Gasteiger partial charge in [0, 0.05) is 45.2 Å². The molecule has 1 N–H and O–H groups in total. The topological polar surface area (TPSA) is 81.0 Å². The van der Waals surface area contributed by atoms with Crippen LogP contribution in [0.2, 0.25) is 0 Å². The van der Waals surface area contributed by atoms with Gasteiger partial charge in [-0.25, -0.2) is 4.79 Å². The van der Waals surface area contributed by atoms with Crippen molar-refractivity contribution in [3.8, 4) is 11.3 Å². The minimum absolute atomic E-state index is 0.212. The zero-order chi connectivity index (χ0) is 19.4. The zero-order valence-corrected chi connectivity index (χ0v) is 15.6. The number of methoxy groups -OCH3 is 1. The normalized spacial score (nSPS) is 16.7. The van der Waals surface area contributed by atoms with Gasteiger partial charge in [-0.3, -0.25) is 4.79 Å². The van der Waals surface area contributed by atoms with Crippen molar-refractivity contribution in [1.82, 2.24) is 4.57 Å². The summed E-state index contributed by atoms with van der Waals surface area (Å²) in [7, 11) is 3.40. The molecular weight excluding hydrogens is 348 g/mol. The number of aromatic nitrogens is 1. The molecule has 2 heterocycles. The molecule has 1 aromatic carbocycles. The van der Waals surface area contributed by atoms with Crippen LogP contribution in [0, 0.1) is 0 Å². The largest absolute Gasteiger partial charge is 0.477 e. The van der Waals surface area contributed by atoms with E-state index in [9.17, 15) is 9.59 Å². The Balaban J connectivity index is 1.72. The van der Waals surface area contributed by atoms with Gasteiger partial charge in [0.2, 0.25) is 0 Å². The average molecular weight is 372 g/mol. The molecule has 0 bridgehead atoms. The molecule has 0 spiro atoms. The maximum atomic E-state index is 12.0. The van der Waals surface area contributed by atoms with Gasteiger partial charge in [0.05, 0.1) is 25.0 Å². The van der Waals surface area contributed by atoms with Crippen molar-refractivity contribution in [3.05, 3.63) is 52.3 Å². The van der Waals surface area contributed by atoms with Gasteiger partial charge < -0.3 is 24.0 Å². The molecule has 7 nitrogen and oxygen atoms in total. The Hall–Kier alpha value is -2.64. The second-order valence-electron chi connectivity index (χ2n) is 6.62. The average Bonchev–Trinajstić information content (AvgIpc) is 3.12. The van der Waals surface area contributed by atoms with Crippen molar-refractivity contribution < 1.29 is 19.4 Å². The summed E-state index contributed by atoms with van der Waals surface area (Å²) in [5, 5.41) is 9.06. The molecule has 3 rings (SSSR count). The molecule has 2 aromatic rings. The number of rotatable bonds is 7. The van der Waals surface area contributed by atoms with Crippen LogP contribution < -0.4 is 10.3 Å². The van der Waals surface area contributed by atoms with Crippen LogP contribution in [0.1, 0.15) is 16.8 Å². The summed E-state index contributed by atoms with van der Waals surface area (Å²) >= 11 is 0. The first-order chi connectivity index (χ1) is 13.0. The van der Waals surface area contributed by atoms with E-state index < -0.39 is 11.4 Å². The Bertz CT molecular complexity index is 860. The molecule has 1 atom stereocenters. The van der Waals surface area contributed by atoms with Crippen molar-refractivity contribution in [2.75, 3.05) is 38.3 Å². The predicted molar refractivity (Wildman–Crippen MR) is 103 cm³/mol. The van der Waals surface area contributed by atoms with Gasteiger partial charge in [-0.2, -0.15) is 0 Å². The van der Waals surface area contributed by atoms with Gasteiger partial charge in [-0.05, 0) is 24.1 Å². The highest BCUT2D eigenvalue weighted by atomic mass is 16.5. The van der Waals surface area contributed by atoms with Crippen LogP contribution in [0.25, 0.3) is 11.3 Å². The number of carboxylic acid groups (broad SMARTS) is 1. The number of pyridine rings is 1. The molecule has 1 aromatic heterocycles. The molecule has 0 unspecified atom stereocenters. The molecule has 0 saturated carbocycles. The number of aryl methyl sites for hydroxylation is 1. The van der Waals surface area contributed by atoms with Crippen molar-refractivity contribution in [2.45, 2.75) is 12.5 Å². The lowest BCUT2D eigenvalue weighted by atomic mass is 10.1. The molecule has 7 heteroatoms. The molecule has 144 valence electrons. The van der Waals surface area contributed by atoms with E-state index in [0.29, 0.717) is 18.9 Å². The van der Waals surface area contributed by atoms with Gasteiger partial charge >= 0.3 is 5.97 Å². The van der Waals surface area contributed by atoms with Crippen molar-refractivity contribution in [3.63, 3.8) is 0 Å². The molecule has 1 aliphatic heterocycles. The van der Waals surface area contributed by atoms with Crippen molar-refractivity contribution in [1.29, 1.82) is 0 Å². The highest BCUT2D eigenvalue weighted by Gasteiger charge is 2.23. The quantitative estimate of drug-likeness (QED) is 0.749. The summed E-state index contributed by atoms with van der Waals surface area (Å²) in [6, 6.07) is 9.30. The minimum Gasteiger partial charge on any atom is -0.477 e. The fourth-order valence-electron chi connectivity index (χ4n) is 3.32. The lowest BCUT2D eigenvalue weighted by molar-refractivity contribution is 0.0280. The summed E-state index contributed by atoms with van der Waals surface area (Å²) in [5.74, 6) is -1.21. The van der Waals surface area contributed by atoms with Crippen LogP contribution in [-0.2, 0) is 16.5 Å². The zero-order valence-electron chi connectivity index (χ0n) is 15.6. The van der Waals surface area contributed by atoms with Gasteiger partial charge in [0.25, 0.3) is 0 Å². The second-order valence-corrected chi connectivity index (χ2v) is 6.62. The monoisotopic (exact) mass is 372 g/mol. The number of benzene rings is 1. The van der Waals surface area contributed by atoms with E-state index in [4.69, 9.17) is 14.6 Å². The van der Waals surface area contributed by atoms with Crippen molar-refractivity contribution >= 4 is 11.7 Å². The van der Waals surface area contributed by atoms with E-state index in [2.05, 4.69) is 4.90 Å². The van der Waals surface area contributed by atoms with Crippen LogP contribution in [0.3, 0.4) is 0 Å². The molecule has 1 aliphatic rings. The highest BCUT2D eigenvalue weighted by molar-refractivity contribution is 5.87. The number of hydrogen-bond donors (Lipinski definition) is 1. The van der Waals surface area contributed by atoms with E-state index in [1.54, 1.807) is 18.7 Å². The molecular formula is C20H24N2O5. The number of hydrogen-bond acceptors (Lipinski definition) is 5. The number of ether oxygens (including phenoxy) is 2. The van der Waals surface area contributed by atoms with E-state index in [1.165, 1.54) is 12.3 Å². The fraction of sp³-hybridized carbons (Fsp3) is 0.400. The Kier molecular flexibility index (Phi) is 5.93. The first-order valence-electron chi connectivity index (χ1n) is 8.89. The number of anilines is 1. The third-order valence-corrected chi connectivity index (χ3v) is 4.78. The molecule has 0 amide bonds. The molecule has 27 heavy (non-hydrogen) atoms. The number of carboxylic acids is 1. The highest BCUT2D eigenvalue weighted by Crippen LogP contribution is 2.25. The van der Waals surface area contributed by atoms with E-state index in [-0.39, 0.29) is 11.7 Å². The first kappa shape index (κ1) is 19.1. The van der Waals surface area contributed by atoms with Gasteiger partial charge in [-0.15, -0.1) is 0 Å². The third kappa shape index (κ3) is 4.37. The van der Waals surface area contributed by atoms with Crippen LogP contribution in [0.15, 0.2) is 41.3 Å².